The third-order valence-electron chi connectivity index (χ3n) is 2.89. The molecule has 2 nitrogen and oxygen atoms in total. The van der Waals surface area contributed by atoms with Gasteiger partial charge in [0.05, 0.1) is 11.7 Å². The SMILES string of the molecule is C=CC1(O)CCC(O)C(C)(C)C1. The minimum atomic E-state index is -0.761. The molecule has 0 aromatic heterocycles. The fraction of sp³-hybridized carbons (Fsp3) is 0.800. The fourth-order valence-electron chi connectivity index (χ4n) is 1.95. The second kappa shape index (κ2) is 2.86. The first kappa shape index (κ1) is 9.75. The Morgan fingerprint density at radius 1 is 1.50 bits per heavy atom. The van der Waals surface area contributed by atoms with Gasteiger partial charge in [0.2, 0.25) is 0 Å². The number of aliphatic hydroxyl groups is 2. The quantitative estimate of drug-likeness (QED) is 0.585. The summed E-state index contributed by atoms with van der Waals surface area (Å²) in [6, 6.07) is 0. The van der Waals surface area contributed by atoms with Crippen LogP contribution in [0.1, 0.15) is 33.1 Å². The minimum Gasteiger partial charge on any atom is -0.393 e. The van der Waals surface area contributed by atoms with Gasteiger partial charge in [0.25, 0.3) is 0 Å². The number of hydrogen-bond donors (Lipinski definition) is 2. The Balaban J connectivity index is 2.75. The van der Waals surface area contributed by atoms with E-state index in [2.05, 4.69) is 6.58 Å². The zero-order valence-electron chi connectivity index (χ0n) is 7.88. The molecule has 2 atom stereocenters. The van der Waals surface area contributed by atoms with Crippen molar-refractivity contribution in [2.24, 2.45) is 5.41 Å². The van der Waals surface area contributed by atoms with E-state index in [1.165, 1.54) is 0 Å². The van der Waals surface area contributed by atoms with E-state index in [0.717, 1.165) is 0 Å². The summed E-state index contributed by atoms with van der Waals surface area (Å²) in [5, 5.41) is 19.5. The highest BCUT2D eigenvalue weighted by Gasteiger charge is 2.41. The summed E-state index contributed by atoms with van der Waals surface area (Å²) in [5.74, 6) is 0. The highest BCUT2D eigenvalue weighted by molar-refractivity contribution is 5.04. The van der Waals surface area contributed by atoms with Gasteiger partial charge >= 0.3 is 0 Å². The molecule has 1 aliphatic carbocycles. The third-order valence-corrected chi connectivity index (χ3v) is 2.89. The molecular formula is C10H18O2. The summed E-state index contributed by atoms with van der Waals surface area (Å²) in [7, 11) is 0. The average molecular weight is 170 g/mol. The van der Waals surface area contributed by atoms with Crippen LogP contribution in [0, 0.1) is 5.41 Å². The molecule has 2 N–H and O–H groups in total. The molecule has 12 heavy (non-hydrogen) atoms. The molecule has 1 fully saturated rings. The second-order valence-electron chi connectivity index (χ2n) is 4.53. The van der Waals surface area contributed by atoms with Crippen molar-refractivity contribution in [3.8, 4) is 0 Å². The van der Waals surface area contributed by atoms with Crippen LogP contribution in [0.2, 0.25) is 0 Å². The standard InChI is InChI=1S/C10H18O2/c1-4-10(12)6-5-8(11)9(2,3)7-10/h4,8,11-12H,1,5-7H2,2-3H3. The van der Waals surface area contributed by atoms with Crippen molar-refractivity contribution in [2.75, 3.05) is 0 Å². The molecule has 1 saturated carbocycles. The van der Waals surface area contributed by atoms with E-state index in [1.807, 2.05) is 13.8 Å². The fourth-order valence-corrected chi connectivity index (χ4v) is 1.95. The molecule has 1 rings (SSSR count). The van der Waals surface area contributed by atoms with Crippen molar-refractivity contribution in [2.45, 2.75) is 44.8 Å². The van der Waals surface area contributed by atoms with E-state index in [9.17, 15) is 10.2 Å². The van der Waals surface area contributed by atoms with E-state index in [0.29, 0.717) is 19.3 Å². The van der Waals surface area contributed by atoms with Crippen LogP contribution in [0.3, 0.4) is 0 Å². The van der Waals surface area contributed by atoms with Gasteiger partial charge in [-0.05, 0) is 24.7 Å². The number of aliphatic hydroxyl groups excluding tert-OH is 1. The first-order valence-electron chi connectivity index (χ1n) is 4.44. The van der Waals surface area contributed by atoms with E-state index in [-0.39, 0.29) is 11.5 Å². The Morgan fingerprint density at radius 3 is 2.50 bits per heavy atom. The molecule has 2 unspecified atom stereocenters. The van der Waals surface area contributed by atoms with Crippen molar-refractivity contribution in [1.29, 1.82) is 0 Å². The summed E-state index contributed by atoms with van der Waals surface area (Å²) in [6.45, 7) is 7.57. The predicted octanol–water partition coefficient (Wildman–Crippen LogP) is 1.47. The van der Waals surface area contributed by atoms with Gasteiger partial charge in [-0.1, -0.05) is 19.9 Å². The van der Waals surface area contributed by atoms with Crippen LogP contribution in [-0.2, 0) is 0 Å². The maximum atomic E-state index is 9.90. The number of rotatable bonds is 1. The van der Waals surface area contributed by atoms with Crippen LogP contribution in [0.25, 0.3) is 0 Å². The zero-order chi connectivity index (χ0) is 9.41. The minimum absolute atomic E-state index is 0.193. The van der Waals surface area contributed by atoms with Gasteiger partial charge in [0.1, 0.15) is 0 Å². The molecule has 0 aromatic carbocycles. The molecule has 0 bridgehead atoms. The summed E-state index contributed by atoms with van der Waals surface area (Å²) in [4.78, 5) is 0. The Morgan fingerprint density at radius 2 is 2.08 bits per heavy atom. The molecular weight excluding hydrogens is 152 g/mol. The van der Waals surface area contributed by atoms with Gasteiger partial charge in [-0.3, -0.25) is 0 Å². The van der Waals surface area contributed by atoms with Crippen LogP contribution in [-0.4, -0.2) is 21.9 Å². The van der Waals surface area contributed by atoms with E-state index >= 15 is 0 Å². The lowest BCUT2D eigenvalue weighted by Crippen LogP contribution is -2.45. The molecule has 0 radical (unpaired) electrons. The smallest absolute Gasteiger partial charge is 0.0832 e. The van der Waals surface area contributed by atoms with Crippen LogP contribution in [0.5, 0.6) is 0 Å². The van der Waals surface area contributed by atoms with Crippen LogP contribution < -0.4 is 0 Å². The van der Waals surface area contributed by atoms with Gasteiger partial charge in [0, 0.05) is 0 Å². The van der Waals surface area contributed by atoms with Crippen molar-refractivity contribution in [1.82, 2.24) is 0 Å². The molecule has 70 valence electrons. The Bertz CT molecular complexity index is 186. The van der Waals surface area contributed by atoms with Crippen LogP contribution in [0.4, 0.5) is 0 Å². The maximum Gasteiger partial charge on any atom is 0.0832 e. The van der Waals surface area contributed by atoms with Gasteiger partial charge in [-0.2, -0.15) is 0 Å². The molecule has 1 aliphatic rings. The lowest BCUT2D eigenvalue weighted by atomic mass is 9.68. The maximum absolute atomic E-state index is 9.90. The van der Waals surface area contributed by atoms with E-state index < -0.39 is 5.60 Å². The lowest BCUT2D eigenvalue weighted by molar-refractivity contribution is -0.0728. The van der Waals surface area contributed by atoms with E-state index in [4.69, 9.17) is 0 Å². The summed E-state index contributed by atoms with van der Waals surface area (Å²) < 4.78 is 0. The largest absolute Gasteiger partial charge is 0.393 e. The number of hydrogen-bond acceptors (Lipinski definition) is 2. The Labute approximate surface area is 73.9 Å². The van der Waals surface area contributed by atoms with Crippen molar-refractivity contribution in [3.05, 3.63) is 12.7 Å². The highest BCUT2D eigenvalue weighted by atomic mass is 16.3. The predicted molar refractivity (Wildman–Crippen MR) is 48.8 cm³/mol. The van der Waals surface area contributed by atoms with Gasteiger partial charge in [-0.25, -0.2) is 0 Å². The molecule has 0 aromatic rings. The van der Waals surface area contributed by atoms with Crippen LogP contribution in [0.15, 0.2) is 12.7 Å². The molecule has 0 spiro atoms. The lowest BCUT2D eigenvalue weighted by Gasteiger charge is -2.43. The summed E-state index contributed by atoms with van der Waals surface area (Å²) in [6.07, 6.45) is 3.19. The monoisotopic (exact) mass is 170 g/mol. The Kier molecular flexibility index (Phi) is 2.32. The third kappa shape index (κ3) is 1.70. The van der Waals surface area contributed by atoms with Crippen LogP contribution >= 0.6 is 0 Å². The molecule has 0 amide bonds. The zero-order valence-corrected chi connectivity index (χ0v) is 7.88. The summed E-state index contributed by atoms with van der Waals surface area (Å²) in [5.41, 5.74) is -0.954. The van der Waals surface area contributed by atoms with Gasteiger partial charge < -0.3 is 10.2 Å². The molecule has 0 heterocycles. The molecule has 2 heteroatoms. The topological polar surface area (TPSA) is 40.5 Å². The van der Waals surface area contributed by atoms with Crippen molar-refractivity contribution < 1.29 is 10.2 Å². The molecule has 0 aliphatic heterocycles. The Hall–Kier alpha value is -0.340. The van der Waals surface area contributed by atoms with Gasteiger partial charge in [0.15, 0.2) is 0 Å². The first-order chi connectivity index (χ1) is 5.40. The molecule has 0 saturated heterocycles. The second-order valence-corrected chi connectivity index (χ2v) is 4.53. The van der Waals surface area contributed by atoms with E-state index in [1.54, 1.807) is 6.08 Å². The first-order valence-corrected chi connectivity index (χ1v) is 4.44. The van der Waals surface area contributed by atoms with Crippen molar-refractivity contribution >= 4 is 0 Å². The highest BCUT2D eigenvalue weighted by Crippen LogP contribution is 2.41. The average Bonchev–Trinajstić information content (AvgIpc) is 1.97. The van der Waals surface area contributed by atoms with Crippen molar-refractivity contribution in [3.63, 3.8) is 0 Å². The normalized spacial score (nSPS) is 40.8. The van der Waals surface area contributed by atoms with Gasteiger partial charge in [-0.15, -0.1) is 6.58 Å². The summed E-state index contributed by atoms with van der Waals surface area (Å²) >= 11 is 0.